The number of fused-ring (bicyclic) bond motifs is 2. The molecule has 3 aromatic heterocycles. The Bertz CT molecular complexity index is 1680. The predicted molar refractivity (Wildman–Crippen MR) is 130 cm³/mol. The van der Waals surface area contributed by atoms with Crippen LogP contribution in [0.2, 0.25) is 0 Å². The number of aromatic nitrogens is 3. The molecule has 5 aromatic rings. The van der Waals surface area contributed by atoms with Crippen LogP contribution < -0.4 is 15.0 Å². The molecule has 6 nitrogen and oxygen atoms in total. The molecule has 0 aliphatic carbocycles. The second kappa shape index (κ2) is 7.68. The number of carbonyl (C=O) groups excluding carboxylic acids is 1. The van der Waals surface area contributed by atoms with Crippen LogP contribution in [-0.4, -0.2) is 20.5 Å². The molecule has 0 radical (unpaired) electrons. The van der Waals surface area contributed by atoms with Crippen molar-refractivity contribution in [3.05, 3.63) is 96.3 Å². The Kier molecular flexibility index (Phi) is 4.75. The maximum absolute atomic E-state index is 14.3. The highest BCUT2D eigenvalue weighted by Gasteiger charge is 2.35. The summed E-state index contributed by atoms with van der Waals surface area (Å²) in [5.41, 5.74) is 1.52. The second-order valence-electron chi connectivity index (χ2n) is 7.36. The van der Waals surface area contributed by atoms with Crippen molar-refractivity contribution in [1.82, 2.24) is 14.6 Å². The average Bonchev–Trinajstić information content (AvgIpc) is 3.56. The van der Waals surface area contributed by atoms with Crippen molar-refractivity contribution in [2.75, 3.05) is 4.90 Å². The van der Waals surface area contributed by atoms with Crippen LogP contribution in [0.1, 0.15) is 11.1 Å². The summed E-state index contributed by atoms with van der Waals surface area (Å²) in [7, 11) is 0. The number of rotatable bonds is 3. The minimum atomic E-state index is -0.396. The van der Waals surface area contributed by atoms with Crippen LogP contribution >= 0.6 is 38.6 Å². The van der Waals surface area contributed by atoms with E-state index in [1.54, 1.807) is 30.3 Å². The maximum atomic E-state index is 14.3. The molecule has 1 aliphatic rings. The highest BCUT2D eigenvalue weighted by atomic mass is 79.9. The van der Waals surface area contributed by atoms with Crippen molar-refractivity contribution < 1.29 is 9.18 Å². The fourth-order valence-electron chi connectivity index (χ4n) is 3.87. The number of hydrogen-bond acceptors (Lipinski definition) is 6. The molecule has 1 aliphatic heterocycles. The average molecular weight is 539 g/mol. The number of thiophene rings is 1. The number of benzene rings is 2. The monoisotopic (exact) mass is 538 g/mol. The molecule has 1 amide bonds. The van der Waals surface area contributed by atoms with Gasteiger partial charge in [0.15, 0.2) is 5.82 Å². The van der Waals surface area contributed by atoms with E-state index < -0.39 is 5.56 Å². The lowest BCUT2D eigenvalue weighted by atomic mass is 10.1. The van der Waals surface area contributed by atoms with Crippen LogP contribution in [-0.2, 0) is 11.3 Å². The summed E-state index contributed by atoms with van der Waals surface area (Å²) in [5, 5.41) is 6.28. The van der Waals surface area contributed by atoms with E-state index >= 15 is 0 Å². The third-order valence-electron chi connectivity index (χ3n) is 5.39. The van der Waals surface area contributed by atoms with E-state index in [0.29, 0.717) is 27.6 Å². The van der Waals surface area contributed by atoms with Crippen LogP contribution in [0.5, 0.6) is 0 Å². The van der Waals surface area contributed by atoms with Gasteiger partial charge in [-0.3, -0.25) is 9.59 Å². The lowest BCUT2D eigenvalue weighted by Gasteiger charge is -2.17. The summed E-state index contributed by atoms with van der Waals surface area (Å²) in [6.07, 6.45) is 0. The molecule has 0 saturated carbocycles. The standard InChI is InChI=1S/C23H12BrFN4O2S2/c24-13-7-8-16-14(10-13)18(21(30)28(16)11-12-4-1-2-5-15(12)25)19-22(31)29-23(33-19)26-20(27-29)17-6-3-9-32-17/h1-10H,11H2. The van der Waals surface area contributed by atoms with Crippen molar-refractivity contribution in [3.63, 3.8) is 0 Å². The molecule has 6 rings (SSSR count). The molecule has 0 spiro atoms. The summed E-state index contributed by atoms with van der Waals surface area (Å²) in [5.74, 6) is -0.264. The minimum Gasteiger partial charge on any atom is -0.303 e. The van der Waals surface area contributed by atoms with E-state index in [2.05, 4.69) is 26.0 Å². The molecule has 0 unspecified atom stereocenters. The zero-order valence-corrected chi connectivity index (χ0v) is 19.9. The van der Waals surface area contributed by atoms with Gasteiger partial charge in [-0.15, -0.1) is 16.4 Å². The van der Waals surface area contributed by atoms with E-state index in [1.807, 2.05) is 23.6 Å². The zero-order valence-electron chi connectivity index (χ0n) is 16.7. The van der Waals surface area contributed by atoms with E-state index in [-0.39, 0.29) is 28.4 Å². The lowest BCUT2D eigenvalue weighted by Crippen LogP contribution is -2.32. The Labute approximate surface area is 202 Å². The van der Waals surface area contributed by atoms with Crippen LogP contribution in [0, 0.1) is 5.82 Å². The van der Waals surface area contributed by atoms with Crippen molar-refractivity contribution >= 4 is 60.7 Å². The first-order chi connectivity index (χ1) is 16.0. The molecule has 162 valence electrons. The first-order valence-corrected chi connectivity index (χ1v) is 12.3. The number of halogens is 2. The molecule has 0 N–H and O–H groups in total. The van der Waals surface area contributed by atoms with Crippen LogP contribution in [0.25, 0.3) is 21.2 Å². The summed E-state index contributed by atoms with van der Waals surface area (Å²) in [6.45, 7) is 0.0567. The number of nitrogens with zero attached hydrogens (tertiary/aromatic N) is 4. The van der Waals surface area contributed by atoms with Crippen molar-refractivity contribution in [3.8, 4) is 10.7 Å². The van der Waals surface area contributed by atoms with E-state index in [4.69, 9.17) is 0 Å². The highest BCUT2D eigenvalue weighted by molar-refractivity contribution is 9.10. The fraction of sp³-hybridized carbons (Fsp3) is 0.0435. The Balaban J connectivity index is 1.54. The van der Waals surface area contributed by atoms with Gasteiger partial charge in [-0.05, 0) is 35.7 Å². The van der Waals surface area contributed by atoms with Gasteiger partial charge in [0.2, 0.25) is 4.96 Å². The highest BCUT2D eigenvalue weighted by Crippen LogP contribution is 2.38. The van der Waals surface area contributed by atoms with Gasteiger partial charge in [-0.1, -0.05) is 51.5 Å². The van der Waals surface area contributed by atoms with Gasteiger partial charge < -0.3 is 4.90 Å². The summed E-state index contributed by atoms with van der Waals surface area (Å²) >= 11 is 6.07. The molecule has 0 saturated heterocycles. The Morgan fingerprint density at radius 2 is 1.91 bits per heavy atom. The van der Waals surface area contributed by atoms with Gasteiger partial charge in [0.05, 0.1) is 22.7 Å². The summed E-state index contributed by atoms with van der Waals surface area (Å²) in [4.78, 5) is 34.1. The number of carbonyl (C=O) groups is 1. The quantitative estimate of drug-likeness (QED) is 0.344. The minimum absolute atomic E-state index is 0.0567. The Morgan fingerprint density at radius 3 is 2.67 bits per heavy atom. The van der Waals surface area contributed by atoms with Crippen molar-refractivity contribution in [2.24, 2.45) is 0 Å². The second-order valence-corrected chi connectivity index (χ2v) is 10.2. The van der Waals surface area contributed by atoms with Crippen LogP contribution in [0.15, 0.2) is 69.2 Å². The number of amides is 1. The van der Waals surface area contributed by atoms with Crippen molar-refractivity contribution in [1.29, 1.82) is 0 Å². The van der Waals surface area contributed by atoms with Crippen LogP contribution in [0.4, 0.5) is 10.1 Å². The van der Waals surface area contributed by atoms with E-state index in [0.717, 1.165) is 20.7 Å². The number of hydrogen-bond donors (Lipinski definition) is 0. The van der Waals surface area contributed by atoms with Gasteiger partial charge >= 0.3 is 0 Å². The lowest BCUT2D eigenvalue weighted by molar-refractivity contribution is -0.113. The largest absolute Gasteiger partial charge is 0.303 e. The Hall–Kier alpha value is -3.21. The van der Waals surface area contributed by atoms with Crippen LogP contribution in [0.3, 0.4) is 0 Å². The number of anilines is 1. The molecule has 10 heteroatoms. The molecule has 2 aromatic carbocycles. The summed E-state index contributed by atoms with van der Waals surface area (Å²) < 4.78 is 16.6. The normalized spacial score (nSPS) is 15.0. The summed E-state index contributed by atoms with van der Waals surface area (Å²) in [6, 6.07) is 15.5. The smallest absolute Gasteiger partial charge is 0.291 e. The van der Waals surface area contributed by atoms with Gasteiger partial charge in [0, 0.05) is 15.6 Å². The molecule has 4 heterocycles. The molecular weight excluding hydrogens is 527 g/mol. The first-order valence-electron chi connectivity index (χ1n) is 9.84. The molecule has 0 fully saturated rings. The zero-order chi connectivity index (χ0) is 22.7. The molecule has 0 bridgehead atoms. The topological polar surface area (TPSA) is 67.6 Å². The SMILES string of the molecule is O=C1C(=c2sc3nc(-c4cccs4)nn3c2=O)c2cc(Br)ccc2N1Cc1ccccc1F. The third-order valence-corrected chi connectivity index (χ3v) is 7.78. The van der Waals surface area contributed by atoms with Crippen molar-refractivity contribution in [2.45, 2.75) is 6.54 Å². The molecule has 33 heavy (non-hydrogen) atoms. The molecular formula is C23H12BrFN4O2S2. The molecule has 0 atom stereocenters. The predicted octanol–water partition coefficient (Wildman–Crippen LogP) is 4.25. The van der Waals surface area contributed by atoms with Gasteiger partial charge in [0.1, 0.15) is 10.3 Å². The third kappa shape index (κ3) is 3.25. The fourth-order valence-corrected chi connectivity index (χ4v) is 5.88. The van der Waals surface area contributed by atoms with Gasteiger partial charge in [0.25, 0.3) is 11.5 Å². The van der Waals surface area contributed by atoms with E-state index in [1.165, 1.54) is 26.8 Å². The maximum Gasteiger partial charge on any atom is 0.291 e. The van der Waals surface area contributed by atoms with Gasteiger partial charge in [-0.25, -0.2) is 4.39 Å². The first kappa shape index (κ1) is 20.4. The van der Waals surface area contributed by atoms with Gasteiger partial charge in [-0.2, -0.15) is 9.50 Å². The van der Waals surface area contributed by atoms with E-state index in [9.17, 15) is 14.0 Å². The number of thiazole rings is 1. The Morgan fingerprint density at radius 1 is 1.06 bits per heavy atom.